The van der Waals surface area contributed by atoms with Gasteiger partial charge in [0, 0.05) is 16.8 Å². The van der Waals surface area contributed by atoms with E-state index in [2.05, 4.69) is 15.6 Å². The van der Waals surface area contributed by atoms with Gasteiger partial charge in [0.1, 0.15) is 11.4 Å². The molecule has 0 unspecified atom stereocenters. The highest BCUT2D eigenvalue weighted by molar-refractivity contribution is 7.09. The van der Waals surface area contributed by atoms with Crippen LogP contribution in [0.25, 0.3) is 0 Å². The van der Waals surface area contributed by atoms with Gasteiger partial charge in [-0.3, -0.25) is 10.3 Å². The molecule has 1 aromatic heterocycles. The summed E-state index contributed by atoms with van der Waals surface area (Å²) in [5.41, 5.74) is 2.65. The Morgan fingerprint density at radius 2 is 2.13 bits per heavy atom. The van der Waals surface area contributed by atoms with Crippen LogP contribution in [-0.4, -0.2) is 23.8 Å². The lowest BCUT2D eigenvalue weighted by Crippen LogP contribution is -2.27. The summed E-state index contributed by atoms with van der Waals surface area (Å²) in [7, 11) is 1.56. The summed E-state index contributed by atoms with van der Waals surface area (Å²) in [5.74, 6) is 0.569. The maximum atomic E-state index is 11.9. The van der Waals surface area contributed by atoms with Crippen LogP contribution in [0.1, 0.15) is 25.6 Å². The summed E-state index contributed by atoms with van der Waals surface area (Å²) in [6.07, 6.45) is 1.30. The maximum absolute atomic E-state index is 11.9. The summed E-state index contributed by atoms with van der Waals surface area (Å²) in [6, 6.07) is 5.49. The predicted molar refractivity (Wildman–Crippen MR) is 92.3 cm³/mol. The van der Waals surface area contributed by atoms with Gasteiger partial charge in [-0.25, -0.2) is 4.79 Å². The molecule has 6 nitrogen and oxygen atoms in total. The number of nitrogens with one attached hydrogen (secondary N) is 2. The molecule has 0 spiro atoms. The molecular formula is C16H21N3O3S. The molecule has 1 aromatic carbocycles. The molecule has 2 aromatic rings. The second-order valence-electron chi connectivity index (χ2n) is 5.86. The van der Waals surface area contributed by atoms with Gasteiger partial charge in [-0.05, 0) is 39.0 Å². The van der Waals surface area contributed by atoms with Crippen LogP contribution in [0.3, 0.4) is 0 Å². The topological polar surface area (TPSA) is 72.5 Å². The molecule has 0 bridgehead atoms. The predicted octanol–water partition coefficient (Wildman–Crippen LogP) is 4.11. The summed E-state index contributed by atoms with van der Waals surface area (Å²) in [5, 5.41) is 6.00. The van der Waals surface area contributed by atoms with Gasteiger partial charge in [-0.2, -0.15) is 0 Å². The number of carbonyl (C=O) groups is 1. The number of hydrogen-bond donors (Lipinski definition) is 2. The van der Waals surface area contributed by atoms with Gasteiger partial charge in [0.05, 0.1) is 24.9 Å². The third-order valence-corrected chi connectivity index (χ3v) is 3.56. The lowest BCUT2D eigenvalue weighted by atomic mass is 10.2. The number of rotatable bonds is 5. The minimum Gasteiger partial charge on any atom is -0.495 e. The summed E-state index contributed by atoms with van der Waals surface area (Å²) in [4.78, 5) is 17.1. The van der Waals surface area contributed by atoms with Gasteiger partial charge in [0.15, 0.2) is 0 Å². The van der Waals surface area contributed by atoms with Gasteiger partial charge in [0.2, 0.25) is 0 Å². The van der Waals surface area contributed by atoms with E-state index in [9.17, 15) is 4.79 Å². The largest absolute Gasteiger partial charge is 0.495 e. The van der Waals surface area contributed by atoms with E-state index < -0.39 is 11.7 Å². The van der Waals surface area contributed by atoms with Crippen LogP contribution >= 0.6 is 11.3 Å². The smallest absolute Gasteiger partial charge is 0.412 e. The standard InChI is InChI=1S/C16H21N3O3S/c1-16(2,3)22-15(20)19-13-7-11(5-6-14(13)21-4)18-9-12-8-17-10-23-12/h5-8,10,18H,9H2,1-4H3,(H,19,20). The average molecular weight is 335 g/mol. The highest BCUT2D eigenvalue weighted by Gasteiger charge is 2.17. The number of ether oxygens (including phenoxy) is 2. The van der Waals surface area contributed by atoms with Crippen molar-refractivity contribution < 1.29 is 14.3 Å². The number of carbonyl (C=O) groups excluding carboxylic acids is 1. The van der Waals surface area contributed by atoms with Crippen molar-refractivity contribution in [2.24, 2.45) is 0 Å². The number of benzene rings is 1. The molecule has 124 valence electrons. The zero-order valence-corrected chi connectivity index (χ0v) is 14.5. The van der Waals surface area contributed by atoms with Crippen LogP contribution in [0, 0.1) is 0 Å². The number of amides is 1. The van der Waals surface area contributed by atoms with Crippen molar-refractivity contribution in [3.63, 3.8) is 0 Å². The Morgan fingerprint density at radius 1 is 1.35 bits per heavy atom. The molecule has 2 rings (SSSR count). The van der Waals surface area contributed by atoms with E-state index in [1.54, 1.807) is 30.0 Å². The molecule has 0 aliphatic carbocycles. The van der Waals surface area contributed by atoms with Crippen molar-refractivity contribution >= 4 is 28.8 Å². The van der Waals surface area contributed by atoms with Crippen LogP contribution in [0.5, 0.6) is 5.75 Å². The molecule has 7 heteroatoms. The number of nitrogens with zero attached hydrogens (tertiary/aromatic N) is 1. The van der Waals surface area contributed by atoms with Crippen molar-refractivity contribution in [1.82, 2.24) is 4.98 Å². The molecule has 0 fully saturated rings. The number of hydrogen-bond acceptors (Lipinski definition) is 6. The number of anilines is 2. The van der Waals surface area contributed by atoms with Crippen molar-refractivity contribution in [2.75, 3.05) is 17.7 Å². The zero-order valence-electron chi connectivity index (χ0n) is 13.7. The average Bonchev–Trinajstić information content (AvgIpc) is 2.96. The first-order valence-corrected chi connectivity index (χ1v) is 8.04. The molecule has 0 saturated carbocycles. The Morgan fingerprint density at radius 3 is 2.74 bits per heavy atom. The van der Waals surface area contributed by atoms with Crippen LogP contribution in [0.15, 0.2) is 29.9 Å². The molecular weight excluding hydrogens is 314 g/mol. The second-order valence-corrected chi connectivity index (χ2v) is 6.83. The van der Waals surface area contributed by atoms with Gasteiger partial charge in [0.25, 0.3) is 0 Å². The Labute approximate surface area is 139 Å². The number of aromatic nitrogens is 1. The fourth-order valence-electron chi connectivity index (χ4n) is 1.85. The van der Waals surface area contributed by atoms with Crippen molar-refractivity contribution in [1.29, 1.82) is 0 Å². The minimum atomic E-state index is -0.556. The molecule has 0 saturated heterocycles. The van der Waals surface area contributed by atoms with Crippen molar-refractivity contribution in [3.05, 3.63) is 34.8 Å². The fourth-order valence-corrected chi connectivity index (χ4v) is 2.38. The van der Waals surface area contributed by atoms with Gasteiger partial charge >= 0.3 is 6.09 Å². The first-order chi connectivity index (χ1) is 10.9. The normalized spacial score (nSPS) is 11.0. The van der Waals surface area contributed by atoms with E-state index in [0.29, 0.717) is 18.0 Å². The van der Waals surface area contributed by atoms with Crippen LogP contribution in [0.2, 0.25) is 0 Å². The van der Waals surface area contributed by atoms with Crippen molar-refractivity contribution in [3.8, 4) is 5.75 Å². The quantitative estimate of drug-likeness (QED) is 0.860. The number of methoxy groups -OCH3 is 1. The number of thiazole rings is 1. The van der Waals surface area contributed by atoms with E-state index in [-0.39, 0.29) is 0 Å². The third-order valence-electron chi connectivity index (χ3n) is 2.79. The molecule has 1 heterocycles. The van der Waals surface area contributed by atoms with E-state index in [0.717, 1.165) is 10.6 Å². The maximum Gasteiger partial charge on any atom is 0.412 e. The Kier molecular flexibility index (Phi) is 5.44. The van der Waals surface area contributed by atoms with Crippen LogP contribution in [0.4, 0.5) is 16.2 Å². The molecule has 0 radical (unpaired) electrons. The lowest BCUT2D eigenvalue weighted by Gasteiger charge is -2.20. The Hall–Kier alpha value is -2.28. The van der Waals surface area contributed by atoms with Crippen LogP contribution in [-0.2, 0) is 11.3 Å². The summed E-state index contributed by atoms with van der Waals surface area (Å²) < 4.78 is 10.5. The SMILES string of the molecule is COc1ccc(NCc2cncs2)cc1NC(=O)OC(C)(C)C. The summed E-state index contributed by atoms with van der Waals surface area (Å²) >= 11 is 1.58. The highest BCUT2D eigenvalue weighted by Crippen LogP contribution is 2.28. The van der Waals surface area contributed by atoms with Crippen molar-refractivity contribution in [2.45, 2.75) is 32.9 Å². The monoisotopic (exact) mass is 335 g/mol. The first-order valence-electron chi connectivity index (χ1n) is 7.16. The molecule has 23 heavy (non-hydrogen) atoms. The van der Waals surface area contributed by atoms with E-state index in [4.69, 9.17) is 9.47 Å². The highest BCUT2D eigenvalue weighted by atomic mass is 32.1. The molecule has 0 aliphatic heterocycles. The van der Waals surface area contributed by atoms with E-state index in [1.165, 1.54) is 0 Å². The van der Waals surface area contributed by atoms with Gasteiger partial charge in [-0.15, -0.1) is 11.3 Å². The van der Waals surface area contributed by atoms with Crippen LogP contribution < -0.4 is 15.4 Å². The molecule has 2 N–H and O–H groups in total. The van der Waals surface area contributed by atoms with E-state index in [1.807, 2.05) is 39.1 Å². The van der Waals surface area contributed by atoms with E-state index >= 15 is 0 Å². The second kappa shape index (κ2) is 7.32. The van der Waals surface area contributed by atoms with Gasteiger partial charge < -0.3 is 14.8 Å². The first kappa shape index (κ1) is 17.1. The molecule has 1 amide bonds. The fraction of sp³-hybridized carbons (Fsp3) is 0.375. The molecule has 0 atom stereocenters. The molecule has 0 aliphatic rings. The zero-order chi connectivity index (χ0) is 16.9. The Bertz CT molecular complexity index is 651. The third kappa shape index (κ3) is 5.45. The minimum absolute atomic E-state index is 0.518. The van der Waals surface area contributed by atoms with Gasteiger partial charge in [-0.1, -0.05) is 0 Å². The lowest BCUT2D eigenvalue weighted by molar-refractivity contribution is 0.0635. The Balaban J connectivity index is 2.07. The summed E-state index contributed by atoms with van der Waals surface area (Å²) in [6.45, 7) is 6.12.